The first kappa shape index (κ1) is 12.8. The van der Waals surface area contributed by atoms with E-state index in [4.69, 9.17) is 11.6 Å². The maximum Gasteiger partial charge on any atom is 0.274 e. The largest absolute Gasteiger partial charge is 0.339 e. The number of rotatable bonds is 1. The molecule has 0 aromatic carbocycles. The molecule has 1 saturated heterocycles. The average Bonchev–Trinajstić information content (AvgIpc) is 2.39. The summed E-state index contributed by atoms with van der Waals surface area (Å²) in [7, 11) is 0. The van der Waals surface area contributed by atoms with Crippen LogP contribution in [0.2, 0.25) is 5.15 Å². The standard InChI is InChI=1S/C11H13ClN4O2/c1-8(17)15-4-6-16(7-5-15)11(18)9-2-3-10(12)14-13-9/h2-3H,4-7H2,1H3. The van der Waals surface area contributed by atoms with Crippen LogP contribution in [0.3, 0.4) is 0 Å². The zero-order valence-corrected chi connectivity index (χ0v) is 10.7. The molecule has 7 heteroatoms. The summed E-state index contributed by atoms with van der Waals surface area (Å²) >= 11 is 5.61. The predicted octanol–water partition coefficient (Wildman–Crippen LogP) is 0.434. The molecular weight excluding hydrogens is 256 g/mol. The van der Waals surface area contributed by atoms with E-state index in [0.717, 1.165) is 0 Å². The van der Waals surface area contributed by atoms with Crippen LogP contribution in [-0.2, 0) is 4.79 Å². The van der Waals surface area contributed by atoms with Crippen LogP contribution in [0.4, 0.5) is 0 Å². The van der Waals surface area contributed by atoms with Crippen LogP contribution in [-0.4, -0.2) is 58.0 Å². The lowest BCUT2D eigenvalue weighted by Crippen LogP contribution is -2.50. The van der Waals surface area contributed by atoms with Crippen molar-refractivity contribution in [2.45, 2.75) is 6.92 Å². The maximum atomic E-state index is 12.1. The van der Waals surface area contributed by atoms with E-state index < -0.39 is 0 Å². The zero-order valence-electron chi connectivity index (χ0n) is 9.97. The van der Waals surface area contributed by atoms with Gasteiger partial charge in [-0.1, -0.05) is 11.6 Å². The topological polar surface area (TPSA) is 66.4 Å². The second-order valence-electron chi connectivity index (χ2n) is 4.04. The highest BCUT2D eigenvalue weighted by Crippen LogP contribution is 2.08. The van der Waals surface area contributed by atoms with Crippen LogP contribution >= 0.6 is 11.6 Å². The van der Waals surface area contributed by atoms with Gasteiger partial charge >= 0.3 is 0 Å². The first-order chi connectivity index (χ1) is 8.58. The van der Waals surface area contributed by atoms with E-state index in [9.17, 15) is 9.59 Å². The first-order valence-electron chi connectivity index (χ1n) is 5.62. The molecule has 0 bridgehead atoms. The number of hydrogen-bond donors (Lipinski definition) is 0. The molecule has 18 heavy (non-hydrogen) atoms. The average molecular weight is 269 g/mol. The Bertz CT molecular complexity index is 455. The molecule has 2 rings (SSSR count). The number of piperazine rings is 1. The van der Waals surface area contributed by atoms with Crippen LogP contribution in [0.25, 0.3) is 0 Å². The molecule has 1 aliphatic rings. The highest BCUT2D eigenvalue weighted by molar-refractivity contribution is 6.29. The zero-order chi connectivity index (χ0) is 13.1. The summed E-state index contributed by atoms with van der Waals surface area (Å²) in [6.07, 6.45) is 0. The minimum Gasteiger partial charge on any atom is -0.339 e. The fourth-order valence-corrected chi connectivity index (χ4v) is 1.92. The highest BCUT2D eigenvalue weighted by Gasteiger charge is 2.24. The van der Waals surface area contributed by atoms with E-state index in [1.54, 1.807) is 15.9 Å². The molecule has 0 radical (unpaired) electrons. The van der Waals surface area contributed by atoms with Gasteiger partial charge in [-0.25, -0.2) is 0 Å². The van der Waals surface area contributed by atoms with Crippen LogP contribution in [0.15, 0.2) is 12.1 Å². The van der Waals surface area contributed by atoms with Gasteiger partial charge in [-0.3, -0.25) is 9.59 Å². The van der Waals surface area contributed by atoms with Crippen LogP contribution in [0, 0.1) is 0 Å². The fourth-order valence-electron chi connectivity index (χ4n) is 1.82. The molecule has 0 N–H and O–H groups in total. The lowest BCUT2D eigenvalue weighted by molar-refractivity contribution is -0.130. The Balaban J connectivity index is 1.99. The molecule has 2 amide bonds. The van der Waals surface area contributed by atoms with Crippen LogP contribution < -0.4 is 0 Å². The van der Waals surface area contributed by atoms with Crippen molar-refractivity contribution in [3.05, 3.63) is 23.0 Å². The number of carbonyl (C=O) groups excluding carboxylic acids is 2. The van der Waals surface area contributed by atoms with Gasteiger partial charge in [0.1, 0.15) is 0 Å². The molecule has 1 fully saturated rings. The van der Waals surface area contributed by atoms with Crippen molar-refractivity contribution >= 4 is 23.4 Å². The third kappa shape index (κ3) is 2.76. The van der Waals surface area contributed by atoms with Crippen molar-refractivity contribution in [2.24, 2.45) is 0 Å². The van der Waals surface area contributed by atoms with Crippen molar-refractivity contribution in [1.29, 1.82) is 0 Å². The van der Waals surface area contributed by atoms with Gasteiger partial charge in [0.25, 0.3) is 5.91 Å². The van der Waals surface area contributed by atoms with Crippen molar-refractivity contribution in [3.63, 3.8) is 0 Å². The molecule has 1 aliphatic heterocycles. The number of aromatic nitrogens is 2. The molecule has 0 saturated carbocycles. The molecule has 96 valence electrons. The van der Waals surface area contributed by atoms with Gasteiger partial charge in [0.05, 0.1) is 0 Å². The summed E-state index contributed by atoms with van der Waals surface area (Å²) in [6, 6.07) is 3.09. The van der Waals surface area contributed by atoms with E-state index in [0.29, 0.717) is 26.2 Å². The number of halogens is 1. The molecule has 1 aromatic rings. The van der Waals surface area contributed by atoms with Crippen molar-refractivity contribution in [2.75, 3.05) is 26.2 Å². The molecule has 6 nitrogen and oxygen atoms in total. The molecular formula is C11H13ClN4O2. The summed E-state index contributed by atoms with van der Waals surface area (Å²) in [5, 5.41) is 7.65. The third-order valence-corrected chi connectivity index (χ3v) is 3.06. The smallest absolute Gasteiger partial charge is 0.274 e. The maximum absolute atomic E-state index is 12.1. The highest BCUT2D eigenvalue weighted by atomic mass is 35.5. The monoisotopic (exact) mass is 268 g/mol. The second kappa shape index (κ2) is 5.30. The number of amides is 2. The Morgan fingerprint density at radius 2 is 1.72 bits per heavy atom. The lowest BCUT2D eigenvalue weighted by atomic mass is 10.2. The van der Waals surface area contributed by atoms with E-state index >= 15 is 0 Å². The Morgan fingerprint density at radius 1 is 1.11 bits per heavy atom. The number of nitrogens with zero attached hydrogens (tertiary/aromatic N) is 4. The Kier molecular flexibility index (Phi) is 3.76. The lowest BCUT2D eigenvalue weighted by Gasteiger charge is -2.33. The number of hydrogen-bond acceptors (Lipinski definition) is 4. The Hall–Kier alpha value is -1.69. The van der Waals surface area contributed by atoms with Crippen molar-refractivity contribution in [3.8, 4) is 0 Å². The molecule has 0 atom stereocenters. The Labute approximate surface area is 110 Å². The van der Waals surface area contributed by atoms with E-state index in [-0.39, 0.29) is 22.7 Å². The first-order valence-corrected chi connectivity index (χ1v) is 6.00. The summed E-state index contributed by atoms with van der Waals surface area (Å²) in [6.45, 7) is 3.68. The molecule has 0 aliphatic carbocycles. The number of carbonyl (C=O) groups is 2. The molecule has 2 heterocycles. The quantitative estimate of drug-likeness (QED) is 0.741. The van der Waals surface area contributed by atoms with E-state index in [1.807, 2.05) is 0 Å². The third-order valence-electron chi connectivity index (χ3n) is 2.86. The van der Waals surface area contributed by atoms with Gasteiger partial charge in [-0.15, -0.1) is 10.2 Å². The van der Waals surface area contributed by atoms with Gasteiger partial charge < -0.3 is 9.80 Å². The van der Waals surface area contributed by atoms with Gasteiger partial charge in [0, 0.05) is 33.1 Å². The SMILES string of the molecule is CC(=O)N1CCN(C(=O)c2ccc(Cl)nn2)CC1. The summed E-state index contributed by atoms with van der Waals surface area (Å²) in [5.41, 5.74) is 0.274. The predicted molar refractivity (Wildman–Crippen MR) is 65.2 cm³/mol. The van der Waals surface area contributed by atoms with Gasteiger partial charge in [-0.05, 0) is 12.1 Å². The Morgan fingerprint density at radius 3 is 2.22 bits per heavy atom. The minimum absolute atomic E-state index is 0.0355. The van der Waals surface area contributed by atoms with Gasteiger partial charge in [0.15, 0.2) is 10.8 Å². The van der Waals surface area contributed by atoms with Gasteiger partial charge in [0.2, 0.25) is 5.91 Å². The molecule has 0 spiro atoms. The van der Waals surface area contributed by atoms with Crippen LogP contribution in [0.1, 0.15) is 17.4 Å². The molecule has 1 aromatic heterocycles. The van der Waals surface area contributed by atoms with E-state index in [2.05, 4.69) is 10.2 Å². The second-order valence-corrected chi connectivity index (χ2v) is 4.43. The van der Waals surface area contributed by atoms with Crippen molar-refractivity contribution < 1.29 is 9.59 Å². The summed E-state index contributed by atoms with van der Waals surface area (Å²) in [5.74, 6) is -0.143. The van der Waals surface area contributed by atoms with E-state index in [1.165, 1.54) is 13.0 Å². The van der Waals surface area contributed by atoms with Crippen LogP contribution in [0.5, 0.6) is 0 Å². The molecule has 0 unspecified atom stereocenters. The normalized spacial score (nSPS) is 15.7. The summed E-state index contributed by atoms with van der Waals surface area (Å²) < 4.78 is 0. The van der Waals surface area contributed by atoms with Gasteiger partial charge in [-0.2, -0.15) is 0 Å². The van der Waals surface area contributed by atoms with Crippen molar-refractivity contribution in [1.82, 2.24) is 20.0 Å². The summed E-state index contributed by atoms with van der Waals surface area (Å²) in [4.78, 5) is 26.6. The fraction of sp³-hybridized carbons (Fsp3) is 0.455. The minimum atomic E-state index is -0.178.